The molecule has 0 spiro atoms. The van der Waals surface area contributed by atoms with E-state index in [1.165, 1.54) is 5.56 Å². The number of hydrogen-bond acceptors (Lipinski definition) is 2. The highest BCUT2D eigenvalue weighted by atomic mass is 35.5. The highest BCUT2D eigenvalue weighted by Crippen LogP contribution is 2.36. The van der Waals surface area contributed by atoms with Gasteiger partial charge in [-0.25, -0.2) is 0 Å². The van der Waals surface area contributed by atoms with Gasteiger partial charge >= 0.3 is 0 Å². The summed E-state index contributed by atoms with van der Waals surface area (Å²) < 4.78 is 11.0. The predicted molar refractivity (Wildman–Crippen MR) is 69.9 cm³/mol. The van der Waals surface area contributed by atoms with E-state index in [1.807, 2.05) is 18.2 Å². The lowest BCUT2D eigenvalue weighted by atomic mass is 9.79. The molecule has 0 amide bonds. The predicted octanol–water partition coefficient (Wildman–Crippen LogP) is 3.27. The monoisotopic (exact) mass is 254 g/mol. The first-order chi connectivity index (χ1) is 8.29. The second-order valence-electron chi connectivity index (χ2n) is 4.78. The van der Waals surface area contributed by atoms with E-state index in [2.05, 4.69) is 6.07 Å². The molecule has 1 aromatic carbocycles. The van der Waals surface area contributed by atoms with E-state index in [9.17, 15) is 0 Å². The third kappa shape index (κ3) is 2.93. The van der Waals surface area contributed by atoms with Crippen molar-refractivity contribution >= 4 is 11.6 Å². The molecular weight excluding hydrogens is 236 g/mol. The zero-order valence-corrected chi connectivity index (χ0v) is 11.0. The molecule has 1 aliphatic rings. The average Bonchev–Trinajstić information content (AvgIpc) is 2.40. The summed E-state index contributed by atoms with van der Waals surface area (Å²) in [5.41, 5.74) is 1.30. The van der Waals surface area contributed by atoms with Gasteiger partial charge in [-0.15, -0.1) is 11.6 Å². The average molecular weight is 255 g/mol. The van der Waals surface area contributed by atoms with Crippen molar-refractivity contribution in [2.24, 2.45) is 5.41 Å². The first-order valence-corrected chi connectivity index (χ1v) is 6.59. The molecule has 17 heavy (non-hydrogen) atoms. The molecule has 1 heterocycles. The van der Waals surface area contributed by atoms with Crippen LogP contribution in [0.2, 0.25) is 0 Å². The van der Waals surface area contributed by atoms with Gasteiger partial charge in [-0.1, -0.05) is 18.2 Å². The van der Waals surface area contributed by atoms with Crippen molar-refractivity contribution in [1.29, 1.82) is 0 Å². The van der Waals surface area contributed by atoms with Crippen LogP contribution in [0.3, 0.4) is 0 Å². The molecule has 3 heteroatoms. The Kier molecular flexibility index (Phi) is 4.30. The Bertz CT molecular complexity index is 359. The lowest BCUT2D eigenvalue weighted by molar-refractivity contribution is 0.00454. The Morgan fingerprint density at radius 2 is 2.24 bits per heavy atom. The van der Waals surface area contributed by atoms with Crippen molar-refractivity contribution in [3.63, 3.8) is 0 Å². The lowest BCUT2D eigenvalue weighted by Crippen LogP contribution is -2.35. The SMILES string of the molecule is COc1ccccc1CC1(CCl)CCCOC1. The maximum atomic E-state index is 6.16. The Balaban J connectivity index is 2.17. The van der Waals surface area contributed by atoms with Crippen molar-refractivity contribution in [2.75, 3.05) is 26.2 Å². The minimum Gasteiger partial charge on any atom is -0.496 e. The van der Waals surface area contributed by atoms with E-state index in [0.29, 0.717) is 5.88 Å². The first-order valence-electron chi connectivity index (χ1n) is 6.05. The van der Waals surface area contributed by atoms with Crippen LogP contribution in [0, 0.1) is 5.41 Å². The van der Waals surface area contributed by atoms with E-state index in [-0.39, 0.29) is 5.41 Å². The largest absolute Gasteiger partial charge is 0.496 e. The molecule has 0 aromatic heterocycles. The third-order valence-electron chi connectivity index (χ3n) is 3.45. The topological polar surface area (TPSA) is 18.5 Å². The van der Waals surface area contributed by atoms with Crippen molar-refractivity contribution < 1.29 is 9.47 Å². The Labute approximate surface area is 108 Å². The second-order valence-corrected chi connectivity index (χ2v) is 5.05. The fraction of sp³-hybridized carbons (Fsp3) is 0.571. The summed E-state index contributed by atoms with van der Waals surface area (Å²) in [4.78, 5) is 0. The van der Waals surface area contributed by atoms with Gasteiger partial charge in [0.1, 0.15) is 5.75 Å². The van der Waals surface area contributed by atoms with Crippen molar-refractivity contribution in [1.82, 2.24) is 0 Å². The van der Waals surface area contributed by atoms with Gasteiger partial charge in [0.2, 0.25) is 0 Å². The number of hydrogen-bond donors (Lipinski definition) is 0. The molecule has 1 saturated heterocycles. The number of ether oxygens (including phenoxy) is 2. The van der Waals surface area contributed by atoms with Crippen LogP contribution >= 0.6 is 11.6 Å². The van der Waals surface area contributed by atoms with E-state index in [4.69, 9.17) is 21.1 Å². The third-order valence-corrected chi connectivity index (χ3v) is 4.01. The van der Waals surface area contributed by atoms with Crippen LogP contribution in [0.4, 0.5) is 0 Å². The minimum atomic E-state index is 0.0778. The van der Waals surface area contributed by atoms with Gasteiger partial charge in [0.25, 0.3) is 0 Å². The normalized spacial score (nSPS) is 24.6. The number of methoxy groups -OCH3 is 1. The number of halogens is 1. The van der Waals surface area contributed by atoms with Gasteiger partial charge in [0, 0.05) is 17.9 Å². The maximum absolute atomic E-state index is 6.16. The van der Waals surface area contributed by atoms with Gasteiger partial charge in [0.15, 0.2) is 0 Å². The molecule has 1 aliphatic heterocycles. The number of rotatable bonds is 4. The summed E-state index contributed by atoms with van der Waals surface area (Å²) in [7, 11) is 1.71. The van der Waals surface area contributed by atoms with Crippen molar-refractivity contribution in [2.45, 2.75) is 19.3 Å². The fourth-order valence-electron chi connectivity index (χ4n) is 2.46. The standard InChI is InChI=1S/C14H19ClO2/c1-16-13-6-3-2-5-12(13)9-14(10-15)7-4-8-17-11-14/h2-3,5-6H,4,7-11H2,1H3. The summed E-state index contributed by atoms with van der Waals surface area (Å²) in [5.74, 6) is 1.59. The van der Waals surface area contributed by atoms with E-state index >= 15 is 0 Å². The molecule has 0 aliphatic carbocycles. The minimum absolute atomic E-state index is 0.0778. The molecule has 0 N–H and O–H groups in total. The van der Waals surface area contributed by atoms with Gasteiger partial charge in [0.05, 0.1) is 13.7 Å². The first kappa shape index (κ1) is 12.7. The van der Waals surface area contributed by atoms with Crippen molar-refractivity contribution in [3.05, 3.63) is 29.8 Å². The summed E-state index contributed by atoms with van der Waals surface area (Å²) in [6, 6.07) is 8.15. The zero-order chi connectivity index (χ0) is 12.1. The molecule has 1 unspecified atom stereocenters. The van der Waals surface area contributed by atoms with Crippen LogP contribution in [0.15, 0.2) is 24.3 Å². The molecule has 0 radical (unpaired) electrons. The van der Waals surface area contributed by atoms with Crippen LogP contribution in [0.5, 0.6) is 5.75 Å². The molecule has 1 fully saturated rings. The van der Waals surface area contributed by atoms with Gasteiger partial charge in [-0.3, -0.25) is 0 Å². The van der Waals surface area contributed by atoms with Crippen LogP contribution < -0.4 is 4.74 Å². The Morgan fingerprint density at radius 3 is 2.88 bits per heavy atom. The highest BCUT2D eigenvalue weighted by molar-refractivity contribution is 6.18. The smallest absolute Gasteiger partial charge is 0.122 e. The van der Waals surface area contributed by atoms with E-state index in [0.717, 1.165) is 38.2 Å². The van der Waals surface area contributed by atoms with Crippen LogP contribution in [0.25, 0.3) is 0 Å². The van der Waals surface area contributed by atoms with Crippen LogP contribution in [0.1, 0.15) is 18.4 Å². The molecule has 2 nitrogen and oxygen atoms in total. The lowest BCUT2D eigenvalue weighted by Gasteiger charge is -2.35. The molecule has 2 rings (SSSR count). The quantitative estimate of drug-likeness (QED) is 0.768. The fourth-order valence-corrected chi connectivity index (χ4v) is 2.76. The number of para-hydroxylation sites is 1. The van der Waals surface area contributed by atoms with E-state index < -0.39 is 0 Å². The highest BCUT2D eigenvalue weighted by Gasteiger charge is 2.33. The molecular formula is C14H19ClO2. The summed E-state index contributed by atoms with van der Waals surface area (Å²) in [6.07, 6.45) is 3.16. The Hall–Kier alpha value is -0.730. The molecule has 1 atom stereocenters. The van der Waals surface area contributed by atoms with Crippen molar-refractivity contribution in [3.8, 4) is 5.75 Å². The molecule has 94 valence electrons. The number of benzene rings is 1. The maximum Gasteiger partial charge on any atom is 0.122 e. The molecule has 0 saturated carbocycles. The van der Waals surface area contributed by atoms with Gasteiger partial charge < -0.3 is 9.47 Å². The number of alkyl halides is 1. The summed E-state index contributed by atoms with van der Waals surface area (Å²) >= 11 is 6.16. The summed E-state index contributed by atoms with van der Waals surface area (Å²) in [5, 5.41) is 0. The van der Waals surface area contributed by atoms with E-state index in [1.54, 1.807) is 7.11 Å². The second kappa shape index (κ2) is 5.74. The van der Waals surface area contributed by atoms with Crippen LogP contribution in [-0.2, 0) is 11.2 Å². The molecule has 0 bridgehead atoms. The Morgan fingerprint density at radius 1 is 1.41 bits per heavy atom. The van der Waals surface area contributed by atoms with Gasteiger partial charge in [-0.05, 0) is 30.9 Å². The van der Waals surface area contributed by atoms with Crippen LogP contribution in [-0.4, -0.2) is 26.2 Å². The summed E-state index contributed by atoms with van der Waals surface area (Å²) in [6.45, 7) is 1.62. The van der Waals surface area contributed by atoms with Gasteiger partial charge in [-0.2, -0.15) is 0 Å². The zero-order valence-electron chi connectivity index (χ0n) is 10.2. The molecule has 1 aromatic rings.